The number of rotatable bonds is 6. The fourth-order valence-corrected chi connectivity index (χ4v) is 2.28. The second kappa shape index (κ2) is 7.22. The third-order valence-corrected chi connectivity index (χ3v) is 3.58. The molecule has 0 heterocycles. The fourth-order valence-electron chi connectivity index (χ4n) is 2.28. The molecule has 1 amide bonds. The first-order valence-electron chi connectivity index (χ1n) is 7.11. The number of hydrogen-bond acceptors (Lipinski definition) is 3. The van der Waals surface area contributed by atoms with E-state index in [1.165, 1.54) is 6.07 Å². The summed E-state index contributed by atoms with van der Waals surface area (Å²) >= 11 is 0. The van der Waals surface area contributed by atoms with Gasteiger partial charge in [-0.2, -0.15) is 0 Å². The van der Waals surface area contributed by atoms with Crippen molar-refractivity contribution in [1.29, 1.82) is 0 Å². The van der Waals surface area contributed by atoms with E-state index in [2.05, 4.69) is 5.32 Å². The smallest absolute Gasteiger partial charge is 0.336 e. The molecule has 1 unspecified atom stereocenters. The van der Waals surface area contributed by atoms with Gasteiger partial charge in [-0.1, -0.05) is 13.8 Å². The number of benzene rings is 1. The van der Waals surface area contributed by atoms with Gasteiger partial charge in [0.2, 0.25) is 5.91 Å². The summed E-state index contributed by atoms with van der Waals surface area (Å²) in [4.78, 5) is 23.4. The van der Waals surface area contributed by atoms with Gasteiger partial charge in [0.05, 0.1) is 11.5 Å². The normalized spacial score (nSPS) is 12.3. The number of anilines is 1. The molecule has 0 spiro atoms. The molecular weight excluding hydrogens is 268 g/mol. The van der Waals surface area contributed by atoms with Gasteiger partial charge in [-0.25, -0.2) is 4.79 Å². The number of nitrogens with two attached hydrogens (primary N) is 1. The molecule has 1 aromatic rings. The number of hydrogen-bond donors (Lipinski definition) is 3. The largest absolute Gasteiger partial charge is 0.478 e. The van der Waals surface area contributed by atoms with Gasteiger partial charge in [0.25, 0.3) is 0 Å². The van der Waals surface area contributed by atoms with Crippen molar-refractivity contribution in [3.05, 3.63) is 28.8 Å². The second-order valence-electron chi connectivity index (χ2n) is 5.82. The second-order valence-corrected chi connectivity index (χ2v) is 5.82. The van der Waals surface area contributed by atoms with Gasteiger partial charge in [0.15, 0.2) is 0 Å². The minimum atomic E-state index is -0.996. The standard InChI is InChI=1S/C16H24N2O3/c1-9(2)5-12(8-17)15(19)18-13-6-10(3)11(4)14(7-13)16(20)21/h6-7,9,12H,5,8,17H2,1-4H3,(H,18,19)(H,20,21). The molecule has 0 saturated heterocycles. The number of carbonyl (C=O) groups is 2. The third-order valence-electron chi connectivity index (χ3n) is 3.58. The van der Waals surface area contributed by atoms with Gasteiger partial charge >= 0.3 is 5.97 Å². The Morgan fingerprint density at radius 2 is 1.90 bits per heavy atom. The zero-order valence-corrected chi connectivity index (χ0v) is 13.1. The molecule has 1 rings (SSSR count). The molecule has 0 aliphatic carbocycles. The third kappa shape index (κ3) is 4.56. The number of carboxylic acids is 1. The van der Waals surface area contributed by atoms with Crippen molar-refractivity contribution in [1.82, 2.24) is 0 Å². The maximum atomic E-state index is 12.2. The van der Waals surface area contributed by atoms with Crippen LogP contribution in [0.3, 0.4) is 0 Å². The first-order valence-corrected chi connectivity index (χ1v) is 7.11. The summed E-state index contributed by atoms with van der Waals surface area (Å²) in [5, 5.41) is 12.0. The van der Waals surface area contributed by atoms with E-state index in [-0.39, 0.29) is 23.9 Å². The van der Waals surface area contributed by atoms with Crippen LogP contribution in [-0.2, 0) is 4.79 Å². The van der Waals surface area contributed by atoms with Crippen molar-refractivity contribution in [3.8, 4) is 0 Å². The van der Waals surface area contributed by atoms with E-state index >= 15 is 0 Å². The van der Waals surface area contributed by atoms with Crippen LogP contribution in [0.1, 0.15) is 41.8 Å². The highest BCUT2D eigenvalue weighted by molar-refractivity contribution is 5.96. The summed E-state index contributed by atoms with van der Waals surface area (Å²) in [6.07, 6.45) is 0.707. The van der Waals surface area contributed by atoms with E-state index in [1.54, 1.807) is 13.0 Å². The Kier molecular flexibility index (Phi) is 5.90. The Morgan fingerprint density at radius 3 is 2.38 bits per heavy atom. The zero-order chi connectivity index (χ0) is 16.2. The van der Waals surface area contributed by atoms with Gasteiger partial charge in [-0.3, -0.25) is 4.79 Å². The zero-order valence-electron chi connectivity index (χ0n) is 13.1. The number of aromatic carboxylic acids is 1. The van der Waals surface area contributed by atoms with Crippen LogP contribution < -0.4 is 11.1 Å². The molecule has 0 bridgehead atoms. The van der Waals surface area contributed by atoms with Gasteiger partial charge in [-0.15, -0.1) is 0 Å². The Labute approximate surface area is 125 Å². The molecule has 4 N–H and O–H groups in total. The van der Waals surface area contributed by atoms with Crippen molar-refractivity contribution < 1.29 is 14.7 Å². The highest BCUT2D eigenvalue weighted by Gasteiger charge is 2.19. The number of aryl methyl sites for hydroxylation is 1. The van der Waals surface area contributed by atoms with Crippen molar-refractivity contribution in [3.63, 3.8) is 0 Å². The lowest BCUT2D eigenvalue weighted by Crippen LogP contribution is -2.30. The van der Waals surface area contributed by atoms with Crippen LogP contribution in [0.25, 0.3) is 0 Å². The lowest BCUT2D eigenvalue weighted by atomic mass is 9.96. The molecule has 1 atom stereocenters. The van der Waals surface area contributed by atoms with Crippen LogP contribution in [0.15, 0.2) is 12.1 Å². The lowest BCUT2D eigenvalue weighted by Gasteiger charge is -2.17. The summed E-state index contributed by atoms with van der Waals surface area (Å²) in [7, 11) is 0. The van der Waals surface area contributed by atoms with E-state index in [1.807, 2.05) is 20.8 Å². The Hall–Kier alpha value is -1.88. The van der Waals surface area contributed by atoms with Crippen LogP contribution >= 0.6 is 0 Å². The first kappa shape index (κ1) is 17.2. The molecule has 5 heteroatoms. The molecule has 0 radical (unpaired) electrons. The van der Waals surface area contributed by atoms with Crippen LogP contribution in [0.2, 0.25) is 0 Å². The highest BCUT2D eigenvalue weighted by Crippen LogP contribution is 2.21. The SMILES string of the molecule is Cc1cc(NC(=O)C(CN)CC(C)C)cc(C(=O)O)c1C. The fraction of sp³-hybridized carbons (Fsp3) is 0.500. The van der Waals surface area contributed by atoms with Crippen LogP contribution in [0.4, 0.5) is 5.69 Å². The van der Waals surface area contributed by atoms with Gasteiger partial charge in [0.1, 0.15) is 0 Å². The van der Waals surface area contributed by atoms with Crippen LogP contribution in [0.5, 0.6) is 0 Å². The van der Waals surface area contributed by atoms with E-state index < -0.39 is 5.97 Å². The maximum absolute atomic E-state index is 12.2. The molecule has 0 saturated carbocycles. The van der Waals surface area contributed by atoms with Crippen molar-refractivity contribution >= 4 is 17.6 Å². The average Bonchev–Trinajstić information content (AvgIpc) is 2.39. The van der Waals surface area contributed by atoms with Gasteiger partial charge in [-0.05, 0) is 49.4 Å². The minimum Gasteiger partial charge on any atom is -0.478 e. The molecule has 0 aromatic heterocycles. The average molecular weight is 292 g/mol. The van der Waals surface area contributed by atoms with Gasteiger partial charge < -0.3 is 16.2 Å². The maximum Gasteiger partial charge on any atom is 0.336 e. The predicted molar refractivity (Wildman–Crippen MR) is 83.5 cm³/mol. The number of nitrogens with one attached hydrogen (secondary N) is 1. The van der Waals surface area contributed by atoms with E-state index in [0.717, 1.165) is 5.56 Å². The summed E-state index contributed by atoms with van der Waals surface area (Å²) < 4.78 is 0. The summed E-state index contributed by atoms with van der Waals surface area (Å²) in [6.45, 7) is 7.93. The number of carboxylic acid groups (broad SMARTS) is 1. The Morgan fingerprint density at radius 1 is 1.29 bits per heavy atom. The molecule has 5 nitrogen and oxygen atoms in total. The monoisotopic (exact) mass is 292 g/mol. The quantitative estimate of drug-likeness (QED) is 0.751. The molecular formula is C16H24N2O3. The number of amides is 1. The van der Waals surface area contributed by atoms with Gasteiger partial charge in [0, 0.05) is 12.2 Å². The first-order chi connectivity index (χ1) is 9.76. The number of carbonyl (C=O) groups excluding carboxylic acids is 1. The van der Waals surface area contributed by atoms with E-state index in [9.17, 15) is 14.7 Å². The van der Waals surface area contributed by atoms with Crippen LogP contribution in [-0.4, -0.2) is 23.5 Å². The Bertz CT molecular complexity index is 539. The van der Waals surface area contributed by atoms with Crippen molar-refractivity contribution in [2.24, 2.45) is 17.6 Å². The minimum absolute atomic E-state index is 0.161. The lowest BCUT2D eigenvalue weighted by molar-refractivity contribution is -0.120. The topological polar surface area (TPSA) is 92.4 Å². The molecule has 1 aromatic carbocycles. The van der Waals surface area contributed by atoms with Crippen LogP contribution in [0, 0.1) is 25.7 Å². The molecule has 0 fully saturated rings. The van der Waals surface area contributed by atoms with E-state index in [4.69, 9.17) is 5.73 Å². The highest BCUT2D eigenvalue weighted by atomic mass is 16.4. The van der Waals surface area contributed by atoms with E-state index in [0.29, 0.717) is 23.6 Å². The molecule has 116 valence electrons. The molecule has 0 aliphatic heterocycles. The Balaban J connectivity index is 2.97. The summed E-state index contributed by atoms with van der Waals surface area (Å²) in [5.74, 6) is -1.05. The molecule has 21 heavy (non-hydrogen) atoms. The summed E-state index contributed by atoms with van der Waals surface area (Å²) in [5.41, 5.74) is 7.90. The summed E-state index contributed by atoms with van der Waals surface area (Å²) in [6, 6.07) is 3.27. The predicted octanol–water partition coefficient (Wildman–Crippen LogP) is 2.56. The molecule has 0 aliphatic rings. The van der Waals surface area contributed by atoms with Crippen molar-refractivity contribution in [2.75, 3.05) is 11.9 Å². The van der Waals surface area contributed by atoms with Crippen molar-refractivity contribution in [2.45, 2.75) is 34.1 Å².